The predicted octanol–water partition coefficient (Wildman–Crippen LogP) is 2.34. The van der Waals surface area contributed by atoms with Crippen molar-refractivity contribution in [3.05, 3.63) is 46.7 Å². The fourth-order valence-electron chi connectivity index (χ4n) is 2.35. The Morgan fingerprint density at radius 2 is 2.09 bits per heavy atom. The summed E-state index contributed by atoms with van der Waals surface area (Å²) in [6, 6.07) is 8.04. The number of rotatable bonds is 5. The Labute approximate surface area is 143 Å². The summed E-state index contributed by atoms with van der Waals surface area (Å²) < 4.78 is 13.8. The minimum absolute atomic E-state index is 0.271. The molecule has 2 N–H and O–H groups in total. The number of guanidine groups is 1. The lowest BCUT2D eigenvalue weighted by molar-refractivity contribution is 0.173. The van der Waals surface area contributed by atoms with E-state index in [1.165, 1.54) is 0 Å². The minimum atomic E-state index is 0.271. The molecule has 6 nitrogen and oxygen atoms in total. The average molecular weight is 379 g/mol. The predicted molar refractivity (Wildman–Crippen MR) is 92.9 cm³/mol. The maximum Gasteiger partial charge on any atom is 0.231 e. The number of hydrogen-bond acceptors (Lipinski definition) is 3. The summed E-state index contributed by atoms with van der Waals surface area (Å²) in [5.41, 5.74) is 1.09. The second kappa shape index (κ2) is 7.41. The molecule has 2 aromatic rings. The van der Waals surface area contributed by atoms with Crippen LogP contribution in [-0.4, -0.2) is 30.9 Å². The van der Waals surface area contributed by atoms with Gasteiger partial charge in [0.05, 0.1) is 4.47 Å². The highest BCUT2D eigenvalue weighted by Crippen LogP contribution is 2.39. The highest BCUT2D eigenvalue weighted by molar-refractivity contribution is 9.10. The maximum atomic E-state index is 5.43. The topological polar surface area (TPSA) is 59.8 Å². The molecule has 0 saturated heterocycles. The highest BCUT2D eigenvalue weighted by Gasteiger charge is 2.17. The molecular weight excluding hydrogens is 360 g/mol. The molecule has 0 radical (unpaired) electrons. The Hall–Kier alpha value is -2.15. The quantitative estimate of drug-likeness (QED) is 0.619. The molecule has 122 valence electrons. The number of hydrogen-bond donors (Lipinski definition) is 2. The number of aromatic nitrogens is 1. The van der Waals surface area contributed by atoms with E-state index in [0.29, 0.717) is 6.54 Å². The Morgan fingerprint density at radius 3 is 2.87 bits per heavy atom. The minimum Gasteiger partial charge on any atom is -0.454 e. The summed E-state index contributed by atoms with van der Waals surface area (Å²) in [6.07, 6.45) is 4.09. The van der Waals surface area contributed by atoms with Crippen molar-refractivity contribution in [1.82, 2.24) is 15.2 Å². The van der Waals surface area contributed by atoms with Crippen LogP contribution in [0.2, 0.25) is 0 Å². The normalized spacial score (nSPS) is 13.2. The van der Waals surface area contributed by atoms with Crippen LogP contribution in [0.5, 0.6) is 11.5 Å². The van der Waals surface area contributed by atoms with E-state index < -0.39 is 0 Å². The molecule has 1 aromatic heterocycles. The molecule has 1 aliphatic rings. The molecule has 0 fully saturated rings. The van der Waals surface area contributed by atoms with Gasteiger partial charge in [0.15, 0.2) is 17.5 Å². The molecule has 0 atom stereocenters. The number of halogens is 1. The lowest BCUT2D eigenvalue weighted by Gasteiger charge is -2.13. The molecule has 0 spiro atoms. The first kappa shape index (κ1) is 15.7. The standard InChI is InChI=1S/C16H19BrN4O2/c1-18-16(19-4-7-21-5-2-3-6-21)20-10-12-8-13(17)15-14(9-12)22-11-23-15/h2-3,5-6,8-9H,4,7,10-11H2,1H3,(H2,18,19,20). The van der Waals surface area contributed by atoms with Gasteiger partial charge in [0.25, 0.3) is 0 Å². The van der Waals surface area contributed by atoms with Crippen LogP contribution in [0.1, 0.15) is 5.56 Å². The van der Waals surface area contributed by atoms with Gasteiger partial charge in [-0.1, -0.05) is 0 Å². The zero-order valence-corrected chi connectivity index (χ0v) is 14.5. The van der Waals surface area contributed by atoms with Gasteiger partial charge >= 0.3 is 0 Å². The molecule has 3 rings (SSSR count). The zero-order chi connectivity index (χ0) is 16.1. The van der Waals surface area contributed by atoms with Crippen molar-refractivity contribution in [3.63, 3.8) is 0 Å². The van der Waals surface area contributed by atoms with Gasteiger partial charge in [-0.05, 0) is 45.8 Å². The van der Waals surface area contributed by atoms with Crippen LogP contribution in [0.4, 0.5) is 0 Å². The maximum absolute atomic E-state index is 5.43. The summed E-state index contributed by atoms with van der Waals surface area (Å²) in [4.78, 5) is 4.23. The van der Waals surface area contributed by atoms with E-state index >= 15 is 0 Å². The van der Waals surface area contributed by atoms with Crippen molar-refractivity contribution in [2.75, 3.05) is 20.4 Å². The van der Waals surface area contributed by atoms with Crippen LogP contribution >= 0.6 is 15.9 Å². The smallest absolute Gasteiger partial charge is 0.231 e. The molecule has 0 unspecified atom stereocenters. The molecule has 0 bridgehead atoms. The summed E-state index contributed by atoms with van der Waals surface area (Å²) in [5.74, 6) is 2.31. The van der Waals surface area contributed by atoms with E-state index in [1.807, 2.05) is 36.7 Å². The fourth-order valence-corrected chi connectivity index (χ4v) is 2.96. The van der Waals surface area contributed by atoms with Crippen LogP contribution < -0.4 is 20.1 Å². The lowest BCUT2D eigenvalue weighted by atomic mass is 10.2. The molecule has 7 heteroatoms. The molecule has 0 saturated carbocycles. The lowest BCUT2D eigenvalue weighted by Crippen LogP contribution is -2.38. The van der Waals surface area contributed by atoms with Gasteiger partial charge < -0.3 is 24.7 Å². The monoisotopic (exact) mass is 378 g/mol. The molecule has 0 aliphatic carbocycles. The van der Waals surface area contributed by atoms with Gasteiger partial charge in [0.2, 0.25) is 6.79 Å². The Balaban J connectivity index is 1.51. The van der Waals surface area contributed by atoms with Gasteiger partial charge in [-0.3, -0.25) is 4.99 Å². The van der Waals surface area contributed by atoms with Gasteiger partial charge in [-0.15, -0.1) is 0 Å². The van der Waals surface area contributed by atoms with E-state index in [2.05, 4.69) is 36.1 Å². The molecular formula is C16H19BrN4O2. The first-order chi connectivity index (χ1) is 11.3. The van der Waals surface area contributed by atoms with Crippen LogP contribution in [0.3, 0.4) is 0 Å². The molecule has 0 amide bonds. The zero-order valence-electron chi connectivity index (χ0n) is 12.9. The van der Waals surface area contributed by atoms with Crippen LogP contribution in [-0.2, 0) is 13.1 Å². The SMILES string of the molecule is CN=C(NCCn1cccc1)NCc1cc(Br)c2c(c1)OCO2. The van der Waals surface area contributed by atoms with E-state index in [-0.39, 0.29) is 6.79 Å². The molecule has 2 heterocycles. The molecule has 1 aromatic carbocycles. The third-order valence-corrected chi connectivity index (χ3v) is 4.09. The van der Waals surface area contributed by atoms with Crippen molar-refractivity contribution in [1.29, 1.82) is 0 Å². The first-order valence-corrected chi connectivity index (χ1v) is 8.19. The number of fused-ring (bicyclic) bond motifs is 1. The van der Waals surface area contributed by atoms with Gasteiger partial charge in [-0.2, -0.15) is 0 Å². The summed E-state index contributed by atoms with van der Waals surface area (Å²) >= 11 is 3.50. The van der Waals surface area contributed by atoms with Crippen molar-refractivity contribution in [2.24, 2.45) is 4.99 Å². The van der Waals surface area contributed by atoms with E-state index in [4.69, 9.17) is 9.47 Å². The number of nitrogens with one attached hydrogen (secondary N) is 2. The third kappa shape index (κ3) is 3.98. The van der Waals surface area contributed by atoms with Crippen molar-refractivity contribution in [2.45, 2.75) is 13.1 Å². The second-order valence-corrected chi connectivity index (χ2v) is 5.94. The Kier molecular flexibility index (Phi) is 5.07. The van der Waals surface area contributed by atoms with Gasteiger partial charge in [0, 0.05) is 39.1 Å². The summed E-state index contributed by atoms with van der Waals surface area (Å²) in [6.45, 7) is 2.62. The van der Waals surface area contributed by atoms with Crippen LogP contribution in [0.25, 0.3) is 0 Å². The second-order valence-electron chi connectivity index (χ2n) is 5.08. The highest BCUT2D eigenvalue weighted by atomic mass is 79.9. The number of aliphatic imine (C=N–C) groups is 1. The van der Waals surface area contributed by atoms with E-state index in [9.17, 15) is 0 Å². The fraction of sp³-hybridized carbons (Fsp3) is 0.312. The summed E-state index contributed by atoms with van der Waals surface area (Å²) in [7, 11) is 1.76. The van der Waals surface area contributed by atoms with E-state index in [1.54, 1.807) is 7.05 Å². The number of ether oxygens (including phenoxy) is 2. The first-order valence-electron chi connectivity index (χ1n) is 7.39. The molecule has 1 aliphatic heterocycles. The number of nitrogens with zero attached hydrogens (tertiary/aromatic N) is 2. The van der Waals surface area contributed by atoms with Crippen molar-refractivity contribution in [3.8, 4) is 11.5 Å². The Bertz CT molecular complexity index is 686. The Morgan fingerprint density at radius 1 is 1.26 bits per heavy atom. The van der Waals surface area contributed by atoms with E-state index in [0.717, 1.165) is 40.6 Å². The van der Waals surface area contributed by atoms with Crippen LogP contribution in [0.15, 0.2) is 46.1 Å². The number of benzene rings is 1. The summed E-state index contributed by atoms with van der Waals surface area (Å²) in [5, 5.41) is 6.59. The van der Waals surface area contributed by atoms with Gasteiger partial charge in [-0.25, -0.2) is 0 Å². The van der Waals surface area contributed by atoms with Crippen LogP contribution in [0, 0.1) is 0 Å². The average Bonchev–Trinajstić information content (AvgIpc) is 3.22. The molecule has 23 heavy (non-hydrogen) atoms. The van der Waals surface area contributed by atoms with Crippen molar-refractivity contribution >= 4 is 21.9 Å². The third-order valence-electron chi connectivity index (χ3n) is 3.50. The van der Waals surface area contributed by atoms with Crippen molar-refractivity contribution < 1.29 is 9.47 Å². The van der Waals surface area contributed by atoms with Gasteiger partial charge in [0.1, 0.15) is 0 Å². The largest absolute Gasteiger partial charge is 0.454 e.